The highest BCUT2D eigenvalue weighted by molar-refractivity contribution is 7.89. The summed E-state index contributed by atoms with van der Waals surface area (Å²) >= 11 is 6.12. The molecule has 0 aliphatic heterocycles. The van der Waals surface area contributed by atoms with Gasteiger partial charge in [-0.3, -0.25) is 4.79 Å². The molecule has 148 valence electrons. The number of pyridine rings is 1. The number of H-pyrrole nitrogens is 1. The molecule has 0 atom stereocenters. The number of nitrogens with one attached hydrogen (secondary N) is 2. The molecule has 0 saturated heterocycles. The van der Waals surface area contributed by atoms with Crippen molar-refractivity contribution in [3.05, 3.63) is 71.0 Å². The first-order valence-electron chi connectivity index (χ1n) is 8.80. The standard InChI is InChI=1S/C20H17ClN4O3S/c21-16-4-2-1-3-12(16)7-10-24-29(27,28)13-5-6-17-15(11-13)14-8-9-23-19(20(22)26)18(14)25-17/h1-6,8-9,11,24-25H,7,10H2,(H2,22,26). The van der Waals surface area contributed by atoms with Crippen molar-refractivity contribution in [2.24, 2.45) is 5.73 Å². The van der Waals surface area contributed by atoms with Crippen LogP contribution in [-0.4, -0.2) is 30.8 Å². The molecule has 4 aromatic rings. The third-order valence-electron chi connectivity index (χ3n) is 4.68. The fourth-order valence-electron chi connectivity index (χ4n) is 3.26. The summed E-state index contributed by atoms with van der Waals surface area (Å²) in [6.07, 6.45) is 1.95. The highest BCUT2D eigenvalue weighted by Crippen LogP contribution is 2.28. The van der Waals surface area contributed by atoms with Gasteiger partial charge >= 0.3 is 0 Å². The molecule has 0 aliphatic carbocycles. The number of benzene rings is 2. The van der Waals surface area contributed by atoms with E-state index < -0.39 is 15.9 Å². The topological polar surface area (TPSA) is 118 Å². The number of nitrogens with two attached hydrogens (primary N) is 1. The molecule has 0 spiro atoms. The number of aromatic nitrogens is 2. The highest BCUT2D eigenvalue weighted by Gasteiger charge is 2.18. The number of aromatic amines is 1. The maximum Gasteiger partial charge on any atom is 0.269 e. The quantitative estimate of drug-likeness (QED) is 0.437. The van der Waals surface area contributed by atoms with E-state index in [1.165, 1.54) is 12.3 Å². The minimum atomic E-state index is -3.72. The predicted molar refractivity (Wildman–Crippen MR) is 112 cm³/mol. The van der Waals surface area contributed by atoms with Crippen LogP contribution in [-0.2, 0) is 16.4 Å². The average molecular weight is 429 g/mol. The van der Waals surface area contributed by atoms with E-state index in [1.54, 1.807) is 24.3 Å². The Kier molecular flexibility index (Phi) is 4.99. The van der Waals surface area contributed by atoms with Gasteiger partial charge in [0, 0.05) is 34.1 Å². The monoisotopic (exact) mass is 428 g/mol. The second kappa shape index (κ2) is 7.47. The van der Waals surface area contributed by atoms with E-state index in [0.29, 0.717) is 33.2 Å². The molecule has 7 nitrogen and oxygen atoms in total. The second-order valence-electron chi connectivity index (χ2n) is 6.52. The summed E-state index contributed by atoms with van der Waals surface area (Å²) in [5.74, 6) is -0.656. The first-order chi connectivity index (χ1) is 13.9. The van der Waals surface area contributed by atoms with E-state index in [2.05, 4.69) is 14.7 Å². The van der Waals surface area contributed by atoms with E-state index in [9.17, 15) is 13.2 Å². The Morgan fingerprint density at radius 2 is 1.93 bits per heavy atom. The Morgan fingerprint density at radius 1 is 1.14 bits per heavy atom. The molecule has 0 bridgehead atoms. The summed E-state index contributed by atoms with van der Waals surface area (Å²) in [6.45, 7) is 0.216. The average Bonchev–Trinajstić information content (AvgIpc) is 3.07. The third-order valence-corrected chi connectivity index (χ3v) is 6.51. The highest BCUT2D eigenvalue weighted by atomic mass is 35.5. The molecular weight excluding hydrogens is 412 g/mol. The third kappa shape index (κ3) is 3.69. The number of carbonyl (C=O) groups excluding carboxylic acids is 1. The number of halogens is 1. The lowest BCUT2D eigenvalue weighted by molar-refractivity contribution is 0.0997. The summed E-state index contributed by atoms with van der Waals surface area (Å²) in [5, 5.41) is 1.95. The largest absolute Gasteiger partial charge is 0.364 e. The number of rotatable bonds is 6. The molecule has 4 rings (SSSR count). The van der Waals surface area contributed by atoms with Gasteiger partial charge in [0.25, 0.3) is 5.91 Å². The van der Waals surface area contributed by atoms with Gasteiger partial charge in [-0.2, -0.15) is 0 Å². The molecule has 2 heterocycles. The van der Waals surface area contributed by atoms with Crippen LogP contribution < -0.4 is 10.5 Å². The molecule has 0 unspecified atom stereocenters. The molecule has 2 aromatic carbocycles. The second-order valence-corrected chi connectivity index (χ2v) is 8.69. The van der Waals surface area contributed by atoms with Crippen LogP contribution in [0, 0.1) is 0 Å². The number of sulfonamides is 1. The molecule has 29 heavy (non-hydrogen) atoms. The van der Waals surface area contributed by atoms with Crippen LogP contribution in [0.4, 0.5) is 0 Å². The van der Waals surface area contributed by atoms with E-state index in [4.69, 9.17) is 17.3 Å². The zero-order chi connectivity index (χ0) is 20.6. The van der Waals surface area contributed by atoms with Crippen LogP contribution in [0.15, 0.2) is 59.6 Å². The van der Waals surface area contributed by atoms with Gasteiger partial charge in [0.2, 0.25) is 10.0 Å². The smallest absolute Gasteiger partial charge is 0.269 e. The Labute approximate surface area is 171 Å². The molecule has 9 heteroatoms. The summed E-state index contributed by atoms with van der Waals surface area (Å²) in [5.41, 5.74) is 7.53. The molecule has 0 fully saturated rings. The fraction of sp³-hybridized carbons (Fsp3) is 0.100. The zero-order valence-corrected chi connectivity index (χ0v) is 16.7. The van der Waals surface area contributed by atoms with Crippen molar-refractivity contribution < 1.29 is 13.2 Å². The molecule has 0 saturated carbocycles. The van der Waals surface area contributed by atoms with Crippen LogP contribution >= 0.6 is 11.6 Å². The summed E-state index contributed by atoms with van der Waals surface area (Å²) in [6, 6.07) is 13.8. The van der Waals surface area contributed by atoms with E-state index >= 15 is 0 Å². The lowest BCUT2D eigenvalue weighted by Crippen LogP contribution is -2.26. The predicted octanol–water partition coefficient (Wildman–Crippen LogP) is 2.99. The number of nitrogens with zero attached hydrogens (tertiary/aromatic N) is 1. The van der Waals surface area contributed by atoms with Crippen molar-refractivity contribution in [1.82, 2.24) is 14.7 Å². The van der Waals surface area contributed by atoms with Gasteiger partial charge < -0.3 is 10.7 Å². The van der Waals surface area contributed by atoms with E-state index in [0.717, 1.165) is 5.56 Å². The van der Waals surface area contributed by atoms with Crippen LogP contribution in [0.2, 0.25) is 5.02 Å². The molecule has 0 radical (unpaired) electrons. The van der Waals surface area contributed by atoms with Gasteiger partial charge in [-0.15, -0.1) is 0 Å². The van der Waals surface area contributed by atoms with Crippen molar-refractivity contribution in [1.29, 1.82) is 0 Å². The Balaban J connectivity index is 1.64. The minimum Gasteiger partial charge on any atom is -0.364 e. The van der Waals surface area contributed by atoms with Crippen molar-refractivity contribution >= 4 is 49.3 Å². The minimum absolute atomic E-state index is 0.112. The van der Waals surface area contributed by atoms with Gasteiger partial charge in [-0.1, -0.05) is 29.8 Å². The Hall–Kier alpha value is -2.94. The normalized spacial score (nSPS) is 11.9. The van der Waals surface area contributed by atoms with Crippen molar-refractivity contribution in [2.45, 2.75) is 11.3 Å². The summed E-state index contributed by atoms with van der Waals surface area (Å²) < 4.78 is 28.1. The van der Waals surface area contributed by atoms with Gasteiger partial charge in [0.05, 0.1) is 10.4 Å². The van der Waals surface area contributed by atoms with Gasteiger partial charge in [0.15, 0.2) is 5.69 Å². The molecule has 0 aliphatic rings. The number of amides is 1. The van der Waals surface area contributed by atoms with Gasteiger partial charge in [-0.25, -0.2) is 18.1 Å². The van der Waals surface area contributed by atoms with Crippen LogP contribution in [0.3, 0.4) is 0 Å². The number of hydrogen-bond acceptors (Lipinski definition) is 4. The Morgan fingerprint density at radius 3 is 2.69 bits per heavy atom. The van der Waals surface area contributed by atoms with Gasteiger partial charge in [-0.05, 0) is 42.3 Å². The van der Waals surface area contributed by atoms with Crippen molar-refractivity contribution in [2.75, 3.05) is 6.54 Å². The molecule has 1 amide bonds. The SMILES string of the molecule is NC(=O)c1nccc2c1[nH]c1ccc(S(=O)(=O)NCCc3ccccc3Cl)cc12. The summed E-state index contributed by atoms with van der Waals surface area (Å²) in [4.78, 5) is 18.8. The number of primary amides is 1. The van der Waals surface area contributed by atoms with Gasteiger partial charge in [0.1, 0.15) is 0 Å². The number of carbonyl (C=O) groups is 1. The first kappa shape index (κ1) is 19.4. The first-order valence-corrected chi connectivity index (χ1v) is 10.7. The van der Waals surface area contributed by atoms with Crippen molar-refractivity contribution in [3.63, 3.8) is 0 Å². The van der Waals surface area contributed by atoms with Crippen LogP contribution in [0.5, 0.6) is 0 Å². The number of hydrogen-bond donors (Lipinski definition) is 3. The number of fused-ring (bicyclic) bond motifs is 3. The lowest BCUT2D eigenvalue weighted by Gasteiger charge is -2.08. The molecule has 2 aromatic heterocycles. The summed E-state index contributed by atoms with van der Waals surface area (Å²) in [7, 11) is -3.72. The maximum absolute atomic E-state index is 12.7. The molecular formula is C20H17ClN4O3S. The van der Waals surface area contributed by atoms with E-state index in [1.807, 2.05) is 18.2 Å². The molecule has 4 N–H and O–H groups in total. The zero-order valence-electron chi connectivity index (χ0n) is 15.1. The lowest BCUT2D eigenvalue weighted by atomic mass is 10.1. The maximum atomic E-state index is 12.7. The Bertz CT molecular complexity index is 1350. The van der Waals surface area contributed by atoms with Crippen molar-refractivity contribution in [3.8, 4) is 0 Å². The van der Waals surface area contributed by atoms with E-state index in [-0.39, 0.29) is 17.1 Å². The van der Waals surface area contributed by atoms with Crippen LogP contribution in [0.1, 0.15) is 16.1 Å². The fourth-order valence-corrected chi connectivity index (χ4v) is 4.55. The van der Waals surface area contributed by atoms with Crippen LogP contribution in [0.25, 0.3) is 21.8 Å².